The molecular weight excluding hydrogens is 628 g/mol. The molecule has 0 atom stereocenters. The van der Waals surface area contributed by atoms with Crippen LogP contribution in [0.15, 0.2) is 121 Å². The molecule has 0 saturated heterocycles. The van der Waals surface area contributed by atoms with Gasteiger partial charge in [-0.15, -0.1) is 0 Å². The van der Waals surface area contributed by atoms with Gasteiger partial charge in [0.05, 0.1) is 20.6 Å². The Morgan fingerprint density at radius 3 is 1.56 bits per heavy atom. The van der Waals surface area contributed by atoms with Gasteiger partial charge in [0.1, 0.15) is 0 Å². The van der Waals surface area contributed by atoms with E-state index in [1.165, 1.54) is 32.4 Å². The minimum atomic E-state index is -0.376. The number of methoxy groups -OCH3 is 2. The number of hydrogen-bond acceptors (Lipinski definition) is 7. The normalized spacial score (nSPS) is 12.3. The zero-order valence-electron chi connectivity index (χ0n) is 29.5. The van der Waals surface area contributed by atoms with E-state index in [-0.39, 0.29) is 47.6 Å². The van der Waals surface area contributed by atoms with Gasteiger partial charge >= 0.3 is 5.97 Å². The van der Waals surface area contributed by atoms with E-state index in [1.54, 1.807) is 42.5 Å². The standard InChI is InChI=1S/C43H50O7/c1-4-5-6-7-8-9-10-11-12-13-14-15-16-17-18-19-20-21-22-23-43(47)50-40-31-27-36(33-42(40)49-3)25-29-38(45)34-37(44)28-24-35-26-30-39(46)41(32-35)48-2/h5-6,8-9,11-12,14-15,17-18,20-21,24-33,46H,4,7,10,13,16,19,22-23,34H2,1-3H3/b6-5-,9-8-,12-11-,15-14-,18-17-,21-20-,28-24+,29-25+. The number of aromatic hydroxyl groups is 1. The second kappa shape index (κ2) is 25.6. The molecule has 0 aliphatic heterocycles. The molecule has 0 aliphatic rings. The lowest BCUT2D eigenvalue weighted by atomic mass is 10.1. The molecule has 0 spiro atoms. The molecule has 0 fully saturated rings. The highest BCUT2D eigenvalue weighted by atomic mass is 16.6. The van der Waals surface area contributed by atoms with Gasteiger partial charge in [-0.2, -0.15) is 0 Å². The summed E-state index contributed by atoms with van der Waals surface area (Å²) < 4.78 is 15.9. The van der Waals surface area contributed by atoms with Crippen LogP contribution in [0.25, 0.3) is 12.2 Å². The first-order chi connectivity index (χ1) is 24.4. The third-order valence-electron chi connectivity index (χ3n) is 7.00. The van der Waals surface area contributed by atoms with Gasteiger partial charge < -0.3 is 19.3 Å². The molecule has 264 valence electrons. The summed E-state index contributed by atoms with van der Waals surface area (Å²) in [5, 5.41) is 9.68. The maximum atomic E-state index is 12.4. The molecule has 0 heterocycles. The smallest absolute Gasteiger partial charge is 0.311 e. The van der Waals surface area contributed by atoms with E-state index in [4.69, 9.17) is 14.2 Å². The van der Waals surface area contributed by atoms with E-state index in [2.05, 4.69) is 67.7 Å². The van der Waals surface area contributed by atoms with E-state index in [0.717, 1.165) is 38.5 Å². The van der Waals surface area contributed by atoms with Crippen LogP contribution in [0.1, 0.15) is 75.8 Å². The highest BCUT2D eigenvalue weighted by Gasteiger charge is 2.11. The maximum absolute atomic E-state index is 12.4. The summed E-state index contributed by atoms with van der Waals surface area (Å²) in [7, 11) is 2.90. The number of esters is 1. The Morgan fingerprint density at radius 2 is 1.06 bits per heavy atom. The van der Waals surface area contributed by atoms with Crippen molar-refractivity contribution in [2.45, 2.75) is 64.7 Å². The summed E-state index contributed by atoms with van der Waals surface area (Å²) in [6, 6.07) is 9.63. The average molecular weight is 679 g/mol. The minimum absolute atomic E-state index is 0.00374. The van der Waals surface area contributed by atoms with Crippen LogP contribution < -0.4 is 14.2 Å². The van der Waals surface area contributed by atoms with Gasteiger partial charge in [-0.25, -0.2) is 0 Å². The van der Waals surface area contributed by atoms with Gasteiger partial charge in [-0.05, 0) is 92.5 Å². The van der Waals surface area contributed by atoms with Crippen LogP contribution in [-0.4, -0.2) is 36.9 Å². The fraction of sp³-hybridized carbons (Fsp3) is 0.279. The van der Waals surface area contributed by atoms with Crippen LogP contribution in [0.5, 0.6) is 23.0 Å². The first kappa shape index (κ1) is 40.7. The van der Waals surface area contributed by atoms with E-state index < -0.39 is 0 Å². The van der Waals surface area contributed by atoms with Crippen molar-refractivity contribution in [3.63, 3.8) is 0 Å². The zero-order chi connectivity index (χ0) is 36.2. The molecule has 2 aromatic carbocycles. The molecule has 7 nitrogen and oxygen atoms in total. The number of allylic oxidation sites excluding steroid dienone is 14. The number of carbonyl (C=O) groups is 3. The van der Waals surface area contributed by atoms with Crippen LogP contribution >= 0.6 is 0 Å². The van der Waals surface area contributed by atoms with Crippen LogP contribution in [0.4, 0.5) is 0 Å². The van der Waals surface area contributed by atoms with Crippen molar-refractivity contribution in [2.75, 3.05) is 14.2 Å². The fourth-order valence-corrected chi connectivity index (χ4v) is 4.35. The highest BCUT2D eigenvalue weighted by molar-refractivity contribution is 6.10. The van der Waals surface area contributed by atoms with Crippen LogP contribution in [0.2, 0.25) is 0 Å². The number of ether oxygens (including phenoxy) is 3. The molecular formula is C43H50O7. The van der Waals surface area contributed by atoms with Gasteiger partial charge in [0, 0.05) is 6.42 Å². The molecule has 0 saturated carbocycles. The van der Waals surface area contributed by atoms with E-state index in [9.17, 15) is 19.5 Å². The molecule has 0 bridgehead atoms. The maximum Gasteiger partial charge on any atom is 0.311 e. The first-order valence-corrected chi connectivity index (χ1v) is 16.9. The quantitative estimate of drug-likeness (QED) is 0.0411. The van der Waals surface area contributed by atoms with Crippen molar-refractivity contribution < 1.29 is 33.7 Å². The van der Waals surface area contributed by atoms with Gasteiger partial charge in [0.15, 0.2) is 34.6 Å². The van der Waals surface area contributed by atoms with Crippen LogP contribution in [-0.2, 0) is 14.4 Å². The highest BCUT2D eigenvalue weighted by Crippen LogP contribution is 2.29. The van der Waals surface area contributed by atoms with E-state index in [0.29, 0.717) is 23.3 Å². The average Bonchev–Trinajstić information content (AvgIpc) is 3.11. The van der Waals surface area contributed by atoms with Crippen LogP contribution in [0, 0.1) is 0 Å². The Kier molecular flexibility index (Phi) is 20.8. The number of hydrogen-bond donors (Lipinski definition) is 1. The molecule has 7 heteroatoms. The zero-order valence-corrected chi connectivity index (χ0v) is 29.5. The molecule has 0 unspecified atom stereocenters. The van der Waals surface area contributed by atoms with Crippen molar-refractivity contribution >= 4 is 29.7 Å². The number of ketones is 2. The Hall–Kier alpha value is -5.43. The molecule has 50 heavy (non-hydrogen) atoms. The molecule has 0 radical (unpaired) electrons. The van der Waals surface area contributed by atoms with Crippen molar-refractivity contribution in [3.8, 4) is 23.0 Å². The third kappa shape index (κ3) is 18.2. The Bertz CT molecular complexity index is 1600. The van der Waals surface area contributed by atoms with Crippen molar-refractivity contribution in [1.29, 1.82) is 0 Å². The molecule has 0 amide bonds. The van der Waals surface area contributed by atoms with Gasteiger partial charge in [-0.3, -0.25) is 14.4 Å². The lowest BCUT2D eigenvalue weighted by Crippen LogP contribution is -2.08. The Labute approximate surface area is 297 Å². The Morgan fingerprint density at radius 1 is 0.600 bits per heavy atom. The number of rotatable bonds is 23. The SMILES string of the molecule is CC/C=C\C/C=C\C/C=C\C/C=C\C/C=C\C/C=C\CCC(=O)Oc1ccc(/C=C/C(=O)CC(=O)/C=C/c2ccc(O)c(OC)c2)cc1OC. The first-order valence-electron chi connectivity index (χ1n) is 16.9. The predicted molar refractivity (Wildman–Crippen MR) is 203 cm³/mol. The molecule has 0 aromatic heterocycles. The molecule has 2 aromatic rings. The van der Waals surface area contributed by atoms with Gasteiger partial charge in [0.25, 0.3) is 0 Å². The molecule has 1 N–H and O–H groups in total. The molecule has 0 aliphatic carbocycles. The summed E-state index contributed by atoms with van der Waals surface area (Å²) in [4.78, 5) is 37.0. The Balaban J connectivity index is 1.67. The van der Waals surface area contributed by atoms with Crippen molar-refractivity contribution in [2.24, 2.45) is 0 Å². The fourth-order valence-electron chi connectivity index (χ4n) is 4.35. The van der Waals surface area contributed by atoms with Crippen molar-refractivity contribution in [1.82, 2.24) is 0 Å². The summed E-state index contributed by atoms with van der Waals surface area (Å²) in [5.74, 6) is -0.187. The minimum Gasteiger partial charge on any atom is -0.504 e. The van der Waals surface area contributed by atoms with E-state index >= 15 is 0 Å². The second-order valence-electron chi connectivity index (χ2n) is 11.0. The second-order valence-corrected chi connectivity index (χ2v) is 11.0. The molecule has 2 rings (SSSR count). The van der Waals surface area contributed by atoms with Crippen LogP contribution in [0.3, 0.4) is 0 Å². The van der Waals surface area contributed by atoms with Gasteiger partial charge in [-0.1, -0.05) is 104 Å². The largest absolute Gasteiger partial charge is 0.504 e. The topological polar surface area (TPSA) is 99.1 Å². The van der Waals surface area contributed by atoms with Crippen molar-refractivity contribution in [3.05, 3.63) is 133 Å². The third-order valence-corrected chi connectivity index (χ3v) is 7.00. The summed E-state index contributed by atoms with van der Waals surface area (Å²) in [5.41, 5.74) is 1.30. The number of carbonyl (C=O) groups excluding carboxylic acids is 3. The monoisotopic (exact) mass is 678 g/mol. The summed E-state index contributed by atoms with van der Waals surface area (Å²) in [6.07, 6.45) is 37.6. The van der Waals surface area contributed by atoms with E-state index in [1.807, 2.05) is 12.2 Å². The summed E-state index contributed by atoms with van der Waals surface area (Å²) >= 11 is 0. The predicted octanol–water partition coefficient (Wildman–Crippen LogP) is 10.0. The van der Waals surface area contributed by atoms with Gasteiger partial charge in [0.2, 0.25) is 0 Å². The summed E-state index contributed by atoms with van der Waals surface area (Å²) in [6.45, 7) is 2.14. The lowest BCUT2D eigenvalue weighted by Gasteiger charge is -2.09. The number of benzene rings is 2. The number of phenolic OH excluding ortho intramolecular Hbond substituents is 1. The lowest BCUT2D eigenvalue weighted by molar-refractivity contribution is -0.134. The number of phenols is 1.